The largest absolute Gasteiger partial charge is 0.503 e. The Bertz CT molecular complexity index is 1190. The van der Waals surface area contributed by atoms with Gasteiger partial charge in [-0.2, -0.15) is 0 Å². The minimum atomic E-state index is -1.02. The van der Waals surface area contributed by atoms with Crippen LogP contribution in [0.2, 0.25) is 0 Å². The van der Waals surface area contributed by atoms with E-state index in [0.717, 1.165) is 11.3 Å². The molecular weight excluding hydrogens is 428 g/mol. The topological polar surface area (TPSA) is 110 Å². The first-order valence-corrected chi connectivity index (χ1v) is 10.5. The quantitative estimate of drug-likeness (QED) is 0.468. The zero-order valence-corrected chi connectivity index (χ0v) is 17.8. The van der Waals surface area contributed by atoms with Gasteiger partial charge in [-0.25, -0.2) is 9.78 Å². The maximum absolute atomic E-state index is 13.1. The second-order valence-corrected chi connectivity index (χ2v) is 8.42. The number of aryl methyl sites for hydroxylation is 2. The van der Waals surface area contributed by atoms with Crippen LogP contribution in [0.25, 0.3) is 0 Å². The van der Waals surface area contributed by atoms with E-state index in [1.165, 1.54) is 23.3 Å². The molecule has 10 heteroatoms. The van der Waals surface area contributed by atoms with Crippen LogP contribution in [-0.4, -0.2) is 34.9 Å². The first-order valence-electron chi connectivity index (χ1n) is 8.80. The SMILES string of the molecule is COC(=O)c1sc(N2C(=O)C(O)=C(C(=O)c3cccs3)[C@@H]2c2ccc(C)o2)nc1C. The minimum absolute atomic E-state index is 0.0933. The van der Waals surface area contributed by atoms with Crippen molar-refractivity contribution in [2.75, 3.05) is 12.0 Å². The van der Waals surface area contributed by atoms with E-state index in [0.29, 0.717) is 22.1 Å². The fourth-order valence-electron chi connectivity index (χ4n) is 3.21. The van der Waals surface area contributed by atoms with Crippen molar-refractivity contribution in [3.05, 3.63) is 67.9 Å². The molecule has 1 aliphatic rings. The Morgan fingerprint density at radius 2 is 2.03 bits per heavy atom. The van der Waals surface area contributed by atoms with Gasteiger partial charge in [-0.1, -0.05) is 17.4 Å². The highest BCUT2D eigenvalue weighted by Gasteiger charge is 2.47. The maximum atomic E-state index is 13.1. The number of nitrogens with zero attached hydrogens (tertiary/aromatic N) is 2. The summed E-state index contributed by atoms with van der Waals surface area (Å²) in [5.41, 5.74) is 0.283. The lowest BCUT2D eigenvalue weighted by Gasteiger charge is -2.22. The van der Waals surface area contributed by atoms with Gasteiger partial charge in [0.05, 0.1) is 23.3 Å². The summed E-state index contributed by atoms with van der Waals surface area (Å²) in [5, 5.41) is 12.5. The Labute approximate surface area is 179 Å². The van der Waals surface area contributed by atoms with E-state index in [4.69, 9.17) is 9.15 Å². The average Bonchev–Trinajstić information content (AvgIpc) is 3.49. The smallest absolute Gasteiger partial charge is 0.350 e. The number of Topliss-reactive ketones (excluding diaryl/α,β-unsaturated/α-hetero) is 1. The van der Waals surface area contributed by atoms with E-state index < -0.39 is 29.5 Å². The summed E-state index contributed by atoms with van der Waals surface area (Å²) in [6.07, 6.45) is 0. The Morgan fingerprint density at radius 1 is 1.27 bits per heavy atom. The van der Waals surface area contributed by atoms with Crippen molar-refractivity contribution in [3.8, 4) is 0 Å². The van der Waals surface area contributed by atoms with Crippen molar-refractivity contribution in [2.24, 2.45) is 0 Å². The lowest BCUT2D eigenvalue weighted by atomic mass is 10.0. The molecule has 3 aromatic rings. The standard InChI is InChI=1S/C20H16N2O6S2/c1-9-6-7-11(28-9)14-13(15(23)12-5-4-8-29-12)16(24)18(25)22(14)20-21-10(2)17(30-20)19(26)27-3/h4-8,14,24H,1-3H3/t14-/m0/s1. The number of thiazole rings is 1. The minimum Gasteiger partial charge on any atom is -0.503 e. The average molecular weight is 444 g/mol. The predicted molar refractivity (Wildman–Crippen MR) is 110 cm³/mol. The molecule has 0 aromatic carbocycles. The van der Waals surface area contributed by atoms with Crippen LogP contribution < -0.4 is 4.90 Å². The molecule has 0 saturated carbocycles. The third kappa shape index (κ3) is 3.14. The molecule has 0 bridgehead atoms. The predicted octanol–water partition coefficient (Wildman–Crippen LogP) is 3.98. The monoisotopic (exact) mass is 444 g/mol. The van der Waals surface area contributed by atoms with Gasteiger partial charge < -0.3 is 14.3 Å². The van der Waals surface area contributed by atoms with Crippen LogP contribution in [0.1, 0.15) is 42.6 Å². The normalized spacial score (nSPS) is 16.4. The molecule has 1 aliphatic heterocycles. The molecule has 30 heavy (non-hydrogen) atoms. The number of methoxy groups -OCH3 is 1. The number of aromatic nitrogens is 1. The van der Waals surface area contributed by atoms with E-state index in [1.54, 1.807) is 43.5 Å². The Morgan fingerprint density at radius 3 is 2.63 bits per heavy atom. The number of ether oxygens (including phenoxy) is 1. The highest BCUT2D eigenvalue weighted by atomic mass is 32.1. The van der Waals surface area contributed by atoms with Gasteiger partial charge in [0.1, 0.15) is 22.4 Å². The number of amides is 1. The molecule has 3 aromatic heterocycles. The van der Waals surface area contributed by atoms with Crippen LogP contribution in [0, 0.1) is 13.8 Å². The van der Waals surface area contributed by atoms with Crippen LogP contribution >= 0.6 is 22.7 Å². The van der Waals surface area contributed by atoms with Crippen LogP contribution in [0.3, 0.4) is 0 Å². The molecule has 154 valence electrons. The number of furan rings is 1. The zero-order chi connectivity index (χ0) is 21.6. The molecule has 1 N–H and O–H groups in total. The van der Waals surface area contributed by atoms with Crippen molar-refractivity contribution in [3.63, 3.8) is 0 Å². The molecule has 0 spiro atoms. The summed E-state index contributed by atoms with van der Waals surface area (Å²) in [6, 6.07) is 5.66. The van der Waals surface area contributed by atoms with Crippen molar-refractivity contribution in [2.45, 2.75) is 19.9 Å². The van der Waals surface area contributed by atoms with Crippen molar-refractivity contribution in [1.82, 2.24) is 4.98 Å². The van der Waals surface area contributed by atoms with Gasteiger partial charge in [0, 0.05) is 0 Å². The first-order chi connectivity index (χ1) is 14.3. The number of aliphatic hydroxyl groups excluding tert-OH is 1. The van der Waals surface area contributed by atoms with Gasteiger partial charge in [-0.3, -0.25) is 14.5 Å². The fraction of sp³-hybridized carbons (Fsp3) is 0.200. The summed E-state index contributed by atoms with van der Waals surface area (Å²) in [5.74, 6) is -1.63. The van der Waals surface area contributed by atoms with E-state index in [2.05, 4.69) is 4.98 Å². The Balaban J connectivity index is 1.86. The second kappa shape index (κ2) is 7.54. The highest BCUT2D eigenvalue weighted by Crippen LogP contribution is 2.44. The van der Waals surface area contributed by atoms with Crippen LogP contribution in [0.5, 0.6) is 0 Å². The van der Waals surface area contributed by atoms with Gasteiger partial charge in [0.15, 0.2) is 10.9 Å². The fourth-order valence-corrected chi connectivity index (χ4v) is 4.90. The van der Waals surface area contributed by atoms with Gasteiger partial charge in [0.2, 0.25) is 5.78 Å². The summed E-state index contributed by atoms with van der Waals surface area (Å²) in [7, 11) is 1.25. The van der Waals surface area contributed by atoms with Gasteiger partial charge >= 0.3 is 5.97 Å². The van der Waals surface area contributed by atoms with E-state index >= 15 is 0 Å². The molecule has 8 nitrogen and oxygen atoms in total. The van der Waals surface area contributed by atoms with Gasteiger partial charge in [-0.15, -0.1) is 11.3 Å². The van der Waals surface area contributed by atoms with Crippen LogP contribution in [0.15, 0.2) is 45.4 Å². The zero-order valence-electron chi connectivity index (χ0n) is 16.2. The second-order valence-electron chi connectivity index (χ2n) is 6.50. The number of ketones is 1. The first kappa shape index (κ1) is 20.0. The molecule has 1 atom stereocenters. The lowest BCUT2D eigenvalue weighted by molar-refractivity contribution is -0.117. The van der Waals surface area contributed by atoms with Gasteiger partial charge in [0.25, 0.3) is 5.91 Å². The number of anilines is 1. The molecule has 0 aliphatic carbocycles. The van der Waals surface area contributed by atoms with E-state index in [9.17, 15) is 19.5 Å². The Kier molecular flexibility index (Phi) is 5.04. The molecule has 4 heterocycles. The maximum Gasteiger partial charge on any atom is 0.350 e. The summed E-state index contributed by atoms with van der Waals surface area (Å²) >= 11 is 2.15. The van der Waals surface area contributed by atoms with Crippen LogP contribution in [0.4, 0.5) is 5.13 Å². The lowest BCUT2D eigenvalue weighted by Crippen LogP contribution is -2.30. The number of hydrogen-bond donors (Lipinski definition) is 1. The third-order valence-corrected chi connectivity index (χ3v) is 6.60. The molecule has 0 radical (unpaired) electrons. The summed E-state index contributed by atoms with van der Waals surface area (Å²) < 4.78 is 10.5. The van der Waals surface area contributed by atoms with Gasteiger partial charge in [-0.05, 0) is 37.4 Å². The highest BCUT2D eigenvalue weighted by molar-refractivity contribution is 7.17. The number of carbonyl (C=O) groups excluding carboxylic acids is 3. The van der Waals surface area contributed by atoms with Crippen molar-refractivity contribution in [1.29, 1.82) is 0 Å². The van der Waals surface area contributed by atoms with E-state index in [-0.39, 0.29) is 15.6 Å². The van der Waals surface area contributed by atoms with Crippen LogP contribution in [-0.2, 0) is 9.53 Å². The molecule has 0 fully saturated rings. The number of rotatable bonds is 5. The summed E-state index contributed by atoms with van der Waals surface area (Å²) in [6.45, 7) is 3.35. The van der Waals surface area contributed by atoms with Crippen molar-refractivity contribution < 1.29 is 28.6 Å². The molecule has 0 unspecified atom stereocenters. The number of hydrogen-bond acceptors (Lipinski definition) is 9. The number of thiophene rings is 1. The third-order valence-electron chi connectivity index (χ3n) is 4.59. The Hall–Kier alpha value is -3.24. The van der Waals surface area contributed by atoms with E-state index in [1.807, 2.05) is 0 Å². The summed E-state index contributed by atoms with van der Waals surface area (Å²) in [4.78, 5) is 44.3. The molecule has 4 rings (SSSR count). The molecular formula is C20H16N2O6S2. The number of aliphatic hydroxyl groups is 1. The van der Waals surface area contributed by atoms with Crippen molar-refractivity contribution >= 4 is 45.5 Å². The molecule has 1 amide bonds. The number of carbonyl (C=O) groups is 3. The molecule has 0 saturated heterocycles. The number of esters is 1.